The van der Waals surface area contributed by atoms with Gasteiger partial charge in [-0.1, -0.05) is 0 Å². The number of hydrogen-bond acceptors (Lipinski definition) is 4. The zero-order valence-corrected chi connectivity index (χ0v) is 10.1. The molecule has 0 fully saturated rings. The Bertz CT molecular complexity index is 466. The van der Waals surface area contributed by atoms with Crippen LogP contribution < -0.4 is 5.73 Å². The van der Waals surface area contributed by atoms with Crippen molar-refractivity contribution in [3.05, 3.63) is 23.3 Å². The molecule has 0 unspecified atom stereocenters. The van der Waals surface area contributed by atoms with E-state index >= 15 is 0 Å². The lowest BCUT2D eigenvalue weighted by molar-refractivity contribution is 1.22. The van der Waals surface area contributed by atoms with Gasteiger partial charge in [-0.3, -0.25) is 5.41 Å². The summed E-state index contributed by atoms with van der Waals surface area (Å²) in [7, 11) is 0. The van der Waals surface area contributed by atoms with E-state index in [1.54, 1.807) is 23.5 Å². The molecule has 1 aromatic rings. The smallest absolute Gasteiger partial charge is 0.156 e. The Hall–Kier alpha value is -0.940. The third-order valence-electron chi connectivity index (χ3n) is 2.29. The number of nitrogens with zero attached hydrogens (tertiary/aromatic N) is 1. The van der Waals surface area contributed by atoms with Gasteiger partial charge in [-0.25, -0.2) is 4.99 Å². The lowest BCUT2D eigenvalue weighted by atomic mass is 10.1. The fourth-order valence-electron chi connectivity index (χ4n) is 1.61. The molecule has 0 saturated carbocycles. The molecule has 2 rings (SSSR count). The second kappa shape index (κ2) is 3.90. The summed E-state index contributed by atoms with van der Waals surface area (Å²) in [4.78, 5) is 6.28. The molecule has 0 atom stereocenters. The van der Waals surface area contributed by atoms with Gasteiger partial charge < -0.3 is 5.73 Å². The van der Waals surface area contributed by atoms with Crippen molar-refractivity contribution < 1.29 is 0 Å². The average Bonchev–Trinajstić information content (AvgIpc) is 2.53. The summed E-state index contributed by atoms with van der Waals surface area (Å²) in [5.41, 5.74) is 7.52. The number of benzene rings is 1. The number of hydrogen-bond donors (Lipinski definition) is 2. The Labute approximate surface area is 97.1 Å². The van der Waals surface area contributed by atoms with Gasteiger partial charge in [-0.2, -0.15) is 0 Å². The first kappa shape index (κ1) is 10.6. The van der Waals surface area contributed by atoms with Crippen molar-refractivity contribution >= 4 is 35.2 Å². The molecule has 3 nitrogen and oxygen atoms in total. The number of aliphatic imine (C=N–C) groups is 1. The first-order valence-electron chi connectivity index (χ1n) is 4.37. The number of thioether (sulfide) groups is 2. The SMILES string of the molecule is CSc1ccc2c(c1SC)C(=N)N=C2N. The Morgan fingerprint density at radius 3 is 2.60 bits per heavy atom. The van der Waals surface area contributed by atoms with Gasteiger partial charge in [0.2, 0.25) is 0 Å². The molecular weight excluding hydrogens is 226 g/mol. The van der Waals surface area contributed by atoms with Crippen molar-refractivity contribution in [3.63, 3.8) is 0 Å². The van der Waals surface area contributed by atoms with Crippen molar-refractivity contribution in [1.29, 1.82) is 5.41 Å². The van der Waals surface area contributed by atoms with Crippen LogP contribution in [0, 0.1) is 5.41 Å². The molecular formula is C10H11N3S2. The lowest BCUT2D eigenvalue weighted by Gasteiger charge is -2.09. The van der Waals surface area contributed by atoms with Crippen LogP contribution in [0.2, 0.25) is 0 Å². The highest BCUT2D eigenvalue weighted by Gasteiger charge is 2.23. The largest absolute Gasteiger partial charge is 0.383 e. The Kier molecular flexibility index (Phi) is 2.75. The molecule has 1 heterocycles. The van der Waals surface area contributed by atoms with E-state index in [4.69, 9.17) is 11.1 Å². The molecule has 3 N–H and O–H groups in total. The predicted molar refractivity (Wildman–Crippen MR) is 67.6 cm³/mol. The number of nitrogens with one attached hydrogen (secondary N) is 1. The van der Waals surface area contributed by atoms with Crippen molar-refractivity contribution in [2.45, 2.75) is 9.79 Å². The van der Waals surface area contributed by atoms with Crippen LogP contribution in [0.1, 0.15) is 11.1 Å². The molecule has 0 radical (unpaired) electrons. The van der Waals surface area contributed by atoms with Crippen LogP contribution in [0.3, 0.4) is 0 Å². The predicted octanol–water partition coefficient (Wildman–Crippen LogP) is 2.17. The Balaban J connectivity index is 2.69. The quantitative estimate of drug-likeness (QED) is 0.775. The van der Waals surface area contributed by atoms with Gasteiger partial charge in [-0.05, 0) is 24.6 Å². The van der Waals surface area contributed by atoms with Crippen LogP contribution in [0.15, 0.2) is 26.9 Å². The van der Waals surface area contributed by atoms with E-state index in [9.17, 15) is 0 Å². The molecule has 15 heavy (non-hydrogen) atoms. The molecule has 0 aromatic heterocycles. The van der Waals surface area contributed by atoms with Gasteiger partial charge in [0.25, 0.3) is 0 Å². The number of nitrogens with two attached hydrogens (primary N) is 1. The number of fused-ring (bicyclic) bond motifs is 1. The summed E-state index contributed by atoms with van der Waals surface area (Å²) >= 11 is 3.32. The van der Waals surface area contributed by atoms with Crippen LogP contribution in [-0.2, 0) is 0 Å². The van der Waals surface area contributed by atoms with E-state index in [2.05, 4.69) is 4.99 Å². The lowest BCUT2D eigenvalue weighted by Crippen LogP contribution is -2.10. The third-order valence-corrected chi connectivity index (χ3v) is 4.03. The summed E-state index contributed by atoms with van der Waals surface area (Å²) in [5, 5.41) is 7.79. The van der Waals surface area contributed by atoms with Crippen LogP contribution in [0.25, 0.3) is 0 Å². The first-order valence-corrected chi connectivity index (χ1v) is 6.82. The topological polar surface area (TPSA) is 62.2 Å². The van der Waals surface area contributed by atoms with E-state index < -0.39 is 0 Å². The maximum absolute atomic E-state index is 7.79. The molecule has 0 bridgehead atoms. The molecule has 1 aliphatic rings. The third kappa shape index (κ3) is 1.55. The minimum Gasteiger partial charge on any atom is -0.383 e. The summed E-state index contributed by atoms with van der Waals surface area (Å²) in [6, 6.07) is 3.98. The molecule has 1 aliphatic heterocycles. The molecule has 0 aliphatic carbocycles. The van der Waals surface area contributed by atoms with Crippen molar-refractivity contribution in [2.75, 3.05) is 12.5 Å². The monoisotopic (exact) mass is 237 g/mol. The second-order valence-corrected chi connectivity index (χ2v) is 4.73. The summed E-state index contributed by atoms with van der Waals surface area (Å²) in [5.74, 6) is 0.737. The highest BCUT2D eigenvalue weighted by Crippen LogP contribution is 2.35. The van der Waals surface area contributed by atoms with Crippen molar-refractivity contribution in [2.24, 2.45) is 10.7 Å². The van der Waals surface area contributed by atoms with E-state index in [0.29, 0.717) is 5.84 Å². The van der Waals surface area contributed by atoms with E-state index in [1.807, 2.05) is 24.6 Å². The first-order chi connectivity index (χ1) is 7.19. The highest BCUT2D eigenvalue weighted by molar-refractivity contribution is 8.01. The fraction of sp³-hybridized carbons (Fsp3) is 0.200. The van der Waals surface area contributed by atoms with Gasteiger partial charge in [0, 0.05) is 20.9 Å². The van der Waals surface area contributed by atoms with Crippen LogP contribution in [0.4, 0.5) is 0 Å². The van der Waals surface area contributed by atoms with Gasteiger partial charge in [-0.15, -0.1) is 23.5 Å². The summed E-state index contributed by atoms with van der Waals surface area (Å²) < 4.78 is 0. The van der Waals surface area contributed by atoms with Crippen LogP contribution >= 0.6 is 23.5 Å². The molecule has 1 aromatic carbocycles. The van der Waals surface area contributed by atoms with Gasteiger partial charge in [0.15, 0.2) is 5.84 Å². The molecule has 0 saturated heterocycles. The van der Waals surface area contributed by atoms with Gasteiger partial charge in [0.1, 0.15) is 5.84 Å². The maximum atomic E-state index is 7.79. The van der Waals surface area contributed by atoms with E-state index in [0.717, 1.165) is 16.0 Å². The van der Waals surface area contributed by atoms with Crippen LogP contribution in [0.5, 0.6) is 0 Å². The average molecular weight is 237 g/mol. The van der Waals surface area contributed by atoms with E-state index in [1.165, 1.54) is 4.90 Å². The van der Waals surface area contributed by atoms with Crippen molar-refractivity contribution in [1.82, 2.24) is 0 Å². The van der Waals surface area contributed by atoms with Gasteiger partial charge in [0.05, 0.1) is 0 Å². The minimum atomic E-state index is 0.280. The van der Waals surface area contributed by atoms with E-state index in [-0.39, 0.29) is 5.84 Å². The minimum absolute atomic E-state index is 0.280. The summed E-state index contributed by atoms with van der Waals surface area (Å²) in [6.07, 6.45) is 4.04. The normalized spacial score (nSPS) is 14.0. The molecule has 0 amide bonds. The Morgan fingerprint density at radius 2 is 2.00 bits per heavy atom. The molecule has 78 valence electrons. The maximum Gasteiger partial charge on any atom is 0.156 e. The second-order valence-electron chi connectivity index (χ2n) is 3.07. The zero-order valence-electron chi connectivity index (χ0n) is 8.50. The highest BCUT2D eigenvalue weighted by atomic mass is 32.2. The zero-order chi connectivity index (χ0) is 11.0. The van der Waals surface area contributed by atoms with Gasteiger partial charge >= 0.3 is 0 Å². The summed E-state index contributed by atoms with van der Waals surface area (Å²) in [6.45, 7) is 0. The fourth-order valence-corrected chi connectivity index (χ4v) is 3.28. The van der Waals surface area contributed by atoms with Crippen molar-refractivity contribution in [3.8, 4) is 0 Å². The Morgan fingerprint density at radius 1 is 1.27 bits per heavy atom. The molecule has 0 spiro atoms. The number of amidine groups is 2. The standard InChI is InChI=1S/C10H11N3S2/c1-14-6-4-3-5-7(8(6)15-2)10(12)13-9(5)11/h3-4H,1-2H3,(H3,11,12,13). The molecule has 5 heteroatoms. The van der Waals surface area contributed by atoms with Crippen LogP contribution in [-0.4, -0.2) is 24.2 Å². The number of rotatable bonds is 2.